The topological polar surface area (TPSA) is 35.2 Å². The van der Waals surface area contributed by atoms with Gasteiger partial charge in [0.15, 0.2) is 0 Å². The van der Waals surface area contributed by atoms with E-state index >= 15 is 0 Å². The minimum absolute atomic E-state index is 0.233. The second-order valence-corrected chi connectivity index (χ2v) is 3.15. The first-order valence-corrected chi connectivity index (χ1v) is 4.31. The van der Waals surface area contributed by atoms with Gasteiger partial charge in [0, 0.05) is 5.92 Å². The summed E-state index contributed by atoms with van der Waals surface area (Å²) in [5.74, 6) is 0.450. The molecule has 0 amide bonds. The summed E-state index contributed by atoms with van der Waals surface area (Å²) < 4.78 is 5.38. The molecule has 1 aliphatic carbocycles. The van der Waals surface area contributed by atoms with Crippen LogP contribution in [0.5, 0.6) is 0 Å². The maximum Gasteiger partial charge on any atom is 0.126 e. The maximum atomic E-state index is 5.47. The van der Waals surface area contributed by atoms with E-state index in [-0.39, 0.29) is 6.10 Å². The molecular formula is C10H13NO. The Morgan fingerprint density at radius 3 is 3.17 bits per heavy atom. The van der Waals surface area contributed by atoms with Crippen LogP contribution in [0.25, 0.3) is 0 Å². The molecule has 12 heavy (non-hydrogen) atoms. The van der Waals surface area contributed by atoms with Gasteiger partial charge in [-0.25, -0.2) is 0 Å². The van der Waals surface area contributed by atoms with E-state index in [9.17, 15) is 0 Å². The van der Waals surface area contributed by atoms with Crippen molar-refractivity contribution < 1.29 is 4.74 Å². The lowest BCUT2D eigenvalue weighted by Crippen LogP contribution is -2.15. The number of fused-ring (bicyclic) bond motifs is 1. The van der Waals surface area contributed by atoms with Crippen molar-refractivity contribution in [1.29, 1.82) is 0 Å². The van der Waals surface area contributed by atoms with Crippen LogP contribution in [-0.4, -0.2) is 12.6 Å². The van der Waals surface area contributed by atoms with Crippen molar-refractivity contribution in [3.63, 3.8) is 0 Å². The number of rotatable bonds is 2. The molecular weight excluding hydrogens is 150 g/mol. The Labute approximate surface area is 72.4 Å². The number of hydrogen-bond donors (Lipinski definition) is 1. The van der Waals surface area contributed by atoms with Crippen LogP contribution in [-0.2, 0) is 4.74 Å². The molecule has 2 unspecified atom stereocenters. The van der Waals surface area contributed by atoms with Crippen LogP contribution in [0.4, 0.5) is 0 Å². The molecule has 0 radical (unpaired) electrons. The lowest BCUT2D eigenvalue weighted by molar-refractivity contribution is 0.191. The highest BCUT2D eigenvalue weighted by molar-refractivity contribution is 5.30. The van der Waals surface area contributed by atoms with Crippen LogP contribution in [0, 0.1) is 5.92 Å². The zero-order valence-corrected chi connectivity index (χ0v) is 6.94. The van der Waals surface area contributed by atoms with Crippen molar-refractivity contribution in [2.45, 2.75) is 12.5 Å². The number of nitrogens with two attached hydrogens (primary N) is 1. The van der Waals surface area contributed by atoms with Crippen molar-refractivity contribution in [3.8, 4) is 0 Å². The first-order valence-electron chi connectivity index (χ1n) is 4.31. The molecule has 0 fully saturated rings. The zero-order valence-electron chi connectivity index (χ0n) is 6.94. The molecule has 0 spiro atoms. The molecule has 0 bridgehead atoms. The molecule has 2 rings (SSSR count). The van der Waals surface area contributed by atoms with E-state index in [0.717, 1.165) is 6.42 Å². The van der Waals surface area contributed by atoms with Gasteiger partial charge >= 0.3 is 0 Å². The van der Waals surface area contributed by atoms with E-state index in [1.807, 2.05) is 0 Å². The molecule has 2 atom stereocenters. The van der Waals surface area contributed by atoms with Crippen LogP contribution >= 0.6 is 0 Å². The first kappa shape index (κ1) is 7.62. The number of allylic oxidation sites excluding steroid dienone is 1. The predicted octanol–water partition coefficient (Wildman–Crippen LogP) is 1.36. The van der Waals surface area contributed by atoms with Crippen LogP contribution in [0.3, 0.4) is 0 Å². The lowest BCUT2D eigenvalue weighted by Gasteiger charge is -2.17. The normalized spacial score (nSPS) is 31.2. The van der Waals surface area contributed by atoms with E-state index < -0.39 is 0 Å². The van der Waals surface area contributed by atoms with E-state index in [1.165, 1.54) is 5.57 Å². The van der Waals surface area contributed by atoms with E-state index in [0.29, 0.717) is 12.5 Å². The largest absolute Gasteiger partial charge is 0.493 e. The third kappa shape index (κ3) is 1.30. The molecule has 0 saturated heterocycles. The molecule has 2 nitrogen and oxygen atoms in total. The Morgan fingerprint density at radius 2 is 2.33 bits per heavy atom. The third-order valence-corrected chi connectivity index (χ3v) is 2.26. The van der Waals surface area contributed by atoms with Gasteiger partial charge in [-0.05, 0) is 30.7 Å². The highest BCUT2D eigenvalue weighted by Gasteiger charge is 2.22. The zero-order chi connectivity index (χ0) is 8.39. The fraction of sp³-hybridized carbons (Fsp3) is 0.400. The lowest BCUT2D eigenvalue weighted by atomic mass is 9.94. The van der Waals surface area contributed by atoms with Gasteiger partial charge in [0.1, 0.15) is 6.10 Å². The third-order valence-electron chi connectivity index (χ3n) is 2.26. The van der Waals surface area contributed by atoms with Crippen LogP contribution < -0.4 is 5.73 Å². The van der Waals surface area contributed by atoms with Gasteiger partial charge in [0.05, 0.1) is 6.26 Å². The molecule has 0 aromatic heterocycles. The van der Waals surface area contributed by atoms with Gasteiger partial charge in [-0.15, -0.1) is 0 Å². The van der Waals surface area contributed by atoms with Crippen LogP contribution in [0.1, 0.15) is 6.42 Å². The van der Waals surface area contributed by atoms with E-state index in [1.54, 1.807) is 6.26 Å². The SMILES string of the molecule is NCCC1=CC2OC=CC2C=C1. The summed E-state index contributed by atoms with van der Waals surface area (Å²) >= 11 is 0. The van der Waals surface area contributed by atoms with Gasteiger partial charge in [-0.1, -0.05) is 12.2 Å². The highest BCUT2D eigenvalue weighted by atomic mass is 16.5. The Bertz CT molecular complexity index is 253. The quantitative estimate of drug-likeness (QED) is 0.667. The molecule has 2 heteroatoms. The summed E-state index contributed by atoms with van der Waals surface area (Å²) in [5.41, 5.74) is 6.76. The highest BCUT2D eigenvalue weighted by Crippen LogP contribution is 2.26. The van der Waals surface area contributed by atoms with E-state index in [2.05, 4.69) is 24.3 Å². The van der Waals surface area contributed by atoms with Gasteiger partial charge < -0.3 is 10.5 Å². The predicted molar refractivity (Wildman–Crippen MR) is 48.4 cm³/mol. The van der Waals surface area contributed by atoms with Crippen molar-refractivity contribution in [1.82, 2.24) is 0 Å². The molecule has 0 aromatic rings. The second-order valence-electron chi connectivity index (χ2n) is 3.15. The first-order chi connectivity index (χ1) is 5.90. The molecule has 1 aliphatic heterocycles. The van der Waals surface area contributed by atoms with Crippen molar-refractivity contribution in [2.75, 3.05) is 6.54 Å². The monoisotopic (exact) mass is 163 g/mol. The fourth-order valence-corrected chi connectivity index (χ4v) is 1.59. The number of ether oxygens (including phenoxy) is 1. The molecule has 2 aliphatic rings. The Balaban J connectivity index is 2.07. The Kier molecular flexibility index (Phi) is 2.00. The maximum absolute atomic E-state index is 5.47. The van der Waals surface area contributed by atoms with Crippen LogP contribution in [0.15, 0.2) is 36.1 Å². The summed E-state index contributed by atoms with van der Waals surface area (Å²) in [7, 11) is 0. The standard InChI is InChI=1S/C10H13NO/c11-5-3-8-1-2-9-4-6-12-10(9)7-8/h1-2,4,6-7,9-10H,3,5,11H2. The van der Waals surface area contributed by atoms with Crippen molar-refractivity contribution in [3.05, 3.63) is 36.1 Å². The summed E-state index contributed by atoms with van der Waals surface area (Å²) in [6.45, 7) is 0.709. The molecule has 64 valence electrons. The second kappa shape index (κ2) is 3.15. The average molecular weight is 163 g/mol. The van der Waals surface area contributed by atoms with Gasteiger partial charge in [0.25, 0.3) is 0 Å². The van der Waals surface area contributed by atoms with Crippen LogP contribution in [0.2, 0.25) is 0 Å². The molecule has 2 N–H and O–H groups in total. The van der Waals surface area contributed by atoms with Gasteiger partial charge in [0.2, 0.25) is 0 Å². The summed E-state index contributed by atoms with van der Waals surface area (Å²) in [5, 5.41) is 0. The Hall–Kier alpha value is -1.02. The van der Waals surface area contributed by atoms with Crippen molar-refractivity contribution in [2.24, 2.45) is 11.7 Å². The van der Waals surface area contributed by atoms with Crippen molar-refractivity contribution >= 4 is 0 Å². The Morgan fingerprint density at radius 1 is 1.42 bits per heavy atom. The minimum Gasteiger partial charge on any atom is -0.493 e. The minimum atomic E-state index is 0.233. The molecule has 0 saturated carbocycles. The number of hydrogen-bond acceptors (Lipinski definition) is 2. The summed E-state index contributed by atoms with van der Waals surface area (Å²) in [6.07, 6.45) is 11.5. The molecule has 0 aromatic carbocycles. The molecule has 1 heterocycles. The fourth-order valence-electron chi connectivity index (χ4n) is 1.59. The summed E-state index contributed by atoms with van der Waals surface area (Å²) in [4.78, 5) is 0. The summed E-state index contributed by atoms with van der Waals surface area (Å²) in [6, 6.07) is 0. The average Bonchev–Trinajstić information content (AvgIpc) is 2.51. The van der Waals surface area contributed by atoms with Gasteiger partial charge in [-0.2, -0.15) is 0 Å². The smallest absolute Gasteiger partial charge is 0.126 e. The van der Waals surface area contributed by atoms with E-state index in [4.69, 9.17) is 10.5 Å². The van der Waals surface area contributed by atoms with Gasteiger partial charge in [-0.3, -0.25) is 0 Å².